The molecule has 2 aromatic rings. The lowest BCUT2D eigenvalue weighted by atomic mass is 9.99. The van der Waals surface area contributed by atoms with Crippen molar-refractivity contribution >= 4 is 130 Å². The Kier molecular flexibility index (Phi) is 36.7. The highest BCUT2D eigenvalue weighted by Crippen LogP contribution is 2.45. The van der Waals surface area contributed by atoms with Crippen LogP contribution in [0, 0.1) is 23.7 Å². The van der Waals surface area contributed by atoms with Gasteiger partial charge in [-0.05, 0) is 64.5 Å². The minimum Gasteiger partial charge on any atom is -0.481 e. The Hall–Kier alpha value is -7.32. The number of carbonyl (C=O) groups excluding carboxylic acids is 10. The van der Waals surface area contributed by atoms with E-state index in [4.69, 9.17) is 49.4 Å². The van der Waals surface area contributed by atoms with Gasteiger partial charge in [-0.15, -0.1) is 0 Å². The first-order chi connectivity index (χ1) is 50.1. The van der Waals surface area contributed by atoms with Crippen molar-refractivity contribution in [3.8, 4) is 0 Å². The largest absolute Gasteiger partial charge is 0.481 e. The van der Waals surface area contributed by atoms with Crippen molar-refractivity contribution in [2.45, 2.75) is 174 Å². The van der Waals surface area contributed by atoms with E-state index in [2.05, 4.69) is 9.97 Å². The molecule has 592 valence electrons. The third-order valence-electron chi connectivity index (χ3n) is 16.8. The van der Waals surface area contributed by atoms with Gasteiger partial charge in [0.15, 0.2) is 25.4 Å². The fourth-order valence-corrected chi connectivity index (χ4v) is 16.9. The number of alkyl carbamates (subject to hydrolysis) is 2. The Morgan fingerprint density at radius 3 is 1.24 bits per heavy atom. The number of amides is 4. The lowest BCUT2D eigenvalue weighted by Crippen LogP contribution is -2.42. The second-order valence-electron chi connectivity index (χ2n) is 24.9. The lowest BCUT2D eigenvalue weighted by molar-refractivity contribution is -0.154. The minimum atomic E-state index is -4.00. The molecule has 8 unspecified atom stereocenters. The number of ether oxygens (including phenoxy) is 8. The number of aliphatic carboxylic acids is 2. The van der Waals surface area contributed by atoms with Crippen molar-refractivity contribution in [1.82, 2.24) is 29.7 Å². The van der Waals surface area contributed by atoms with Gasteiger partial charge in [0, 0.05) is 101 Å². The molecular weight excluding hydrogens is 1500 g/mol. The summed E-state index contributed by atoms with van der Waals surface area (Å²) in [6.07, 6.45) is -9.51. The summed E-state index contributed by atoms with van der Waals surface area (Å²) in [6.45, 7) is 3.05. The van der Waals surface area contributed by atoms with Crippen LogP contribution >= 0.6 is 47.0 Å². The maximum absolute atomic E-state index is 14.7. The second-order valence-corrected chi connectivity index (χ2v) is 30.0. The number of aromatic nitrogens is 4. The molecule has 2 aliphatic heterocycles. The summed E-state index contributed by atoms with van der Waals surface area (Å²) in [5, 5.41) is 43.6. The topological polar surface area (TPSA) is 505 Å². The van der Waals surface area contributed by atoms with E-state index in [1.165, 1.54) is 49.1 Å². The van der Waals surface area contributed by atoms with Gasteiger partial charge in [0.05, 0.1) is 44.2 Å². The average molecular weight is 1590 g/mol. The van der Waals surface area contributed by atoms with Gasteiger partial charge in [-0.3, -0.25) is 58.1 Å². The highest BCUT2D eigenvalue weighted by atomic mass is 32.2. The Bertz CT molecular complexity index is 3510. The number of Topliss-reactive ketones (excluding diaryl/α,β-unsaturated/α-hetero) is 4. The highest BCUT2D eigenvalue weighted by molar-refractivity contribution is 8.04. The van der Waals surface area contributed by atoms with E-state index in [0.29, 0.717) is 33.5 Å². The standard InChI is InChI=1S/2C32H44F2N4O13S2/c1-3-18(28(44)45)15-52-22-4-5-23(22)53-16-19(12-20(40)8-11-48-10-7-17(2)39)27(43)37-31(47)50-14-25(41)49-13-21-26(42)32(33,34)29(51-21)38-9-6-24(35)36-30(38)46;1-3-18(15-52-22-4-5-23(22)53-16-19(28(44)45)12-20(40)8-11-48-10-7-17(2)39)27(43)37-31(47)50-14-25(41)49-13-21-26(42)32(33,34)29(51-21)38-9-6-24(35)36-30(38)46/h2*6,9,18-19,21-23,26,29,42H,3-5,7-8,10-16H2,1-2H3,(H,44,45)(H2,35,36,46)(H,37,43,47)/t2*18?,19?,21-,22?,23?,26-,29-/m00/s1. The number of esters is 2. The van der Waals surface area contributed by atoms with Crippen molar-refractivity contribution in [2.75, 3.05) is 87.3 Å². The number of aliphatic hydroxyl groups excluding tert-OH is 2. The smallest absolute Gasteiger partial charge is 0.414 e. The summed E-state index contributed by atoms with van der Waals surface area (Å²) in [5.74, 6) is -16.7. The quantitative estimate of drug-likeness (QED) is 0.0204. The molecule has 2 aromatic heterocycles. The normalized spacial score (nSPS) is 22.9. The predicted molar refractivity (Wildman–Crippen MR) is 370 cm³/mol. The molecule has 34 nitrogen and oxygen atoms in total. The molecule has 10 N–H and O–H groups in total. The van der Waals surface area contributed by atoms with Crippen molar-refractivity contribution < 1.29 is 133 Å². The van der Waals surface area contributed by atoms with Gasteiger partial charge in [-0.25, -0.2) is 28.8 Å². The van der Waals surface area contributed by atoms with Crippen LogP contribution < -0.4 is 33.5 Å². The number of nitrogens with two attached hydrogens (primary N) is 2. The van der Waals surface area contributed by atoms with E-state index in [1.54, 1.807) is 25.6 Å². The van der Waals surface area contributed by atoms with Crippen LogP contribution in [0.2, 0.25) is 0 Å². The minimum absolute atomic E-state index is 0.0259. The van der Waals surface area contributed by atoms with Gasteiger partial charge in [-0.2, -0.15) is 74.6 Å². The molecule has 14 atom stereocenters. The zero-order valence-electron chi connectivity index (χ0n) is 58.2. The molecule has 4 aliphatic rings. The van der Waals surface area contributed by atoms with E-state index in [1.807, 2.05) is 10.6 Å². The van der Waals surface area contributed by atoms with E-state index in [9.17, 15) is 105 Å². The fourth-order valence-electron chi connectivity index (χ4n) is 10.1. The van der Waals surface area contributed by atoms with E-state index >= 15 is 0 Å². The molecule has 2 saturated heterocycles. The number of thioether (sulfide) groups is 4. The number of anilines is 2. The molecule has 4 fully saturated rings. The number of hydrogen-bond donors (Lipinski definition) is 8. The molecule has 0 spiro atoms. The van der Waals surface area contributed by atoms with Crippen LogP contribution in [0.25, 0.3) is 0 Å². The number of rotatable bonds is 44. The summed E-state index contributed by atoms with van der Waals surface area (Å²) in [7, 11) is 0. The Morgan fingerprint density at radius 2 is 0.887 bits per heavy atom. The van der Waals surface area contributed by atoms with Crippen LogP contribution in [0.15, 0.2) is 34.1 Å². The first kappa shape index (κ1) is 89.3. The van der Waals surface area contributed by atoms with Crippen LogP contribution in [-0.2, 0) is 85.8 Å². The maximum atomic E-state index is 14.7. The molecule has 106 heavy (non-hydrogen) atoms. The molecular formula is C64H88F4N8O26S4. The first-order valence-corrected chi connectivity index (χ1v) is 37.7. The molecule has 6 rings (SSSR count). The first-order valence-electron chi connectivity index (χ1n) is 33.5. The molecule has 2 saturated carbocycles. The maximum Gasteiger partial charge on any atom is 0.414 e. The van der Waals surface area contributed by atoms with Crippen molar-refractivity contribution in [3.05, 3.63) is 45.5 Å². The van der Waals surface area contributed by atoms with Gasteiger partial charge in [0.2, 0.25) is 24.3 Å². The number of nitrogens with zero attached hydrogens (tertiary/aromatic N) is 4. The summed E-state index contributed by atoms with van der Waals surface area (Å²) in [5.41, 5.74) is 8.42. The van der Waals surface area contributed by atoms with Gasteiger partial charge < -0.3 is 69.8 Å². The Morgan fingerprint density at radius 1 is 0.547 bits per heavy atom. The summed E-state index contributed by atoms with van der Waals surface area (Å²) in [6, 6.07) is 2.15. The zero-order chi connectivity index (χ0) is 78.6. The van der Waals surface area contributed by atoms with Gasteiger partial charge >= 0.3 is 59.3 Å². The van der Waals surface area contributed by atoms with Crippen molar-refractivity contribution in [1.29, 1.82) is 0 Å². The number of halogens is 4. The Balaban J connectivity index is 0.000000381. The fraction of sp³-hybridized carbons (Fsp3) is 0.688. The number of aliphatic hydroxyl groups is 2. The van der Waals surface area contributed by atoms with Gasteiger partial charge in [0.1, 0.15) is 60.2 Å². The number of carboxylic acid groups (broad SMARTS) is 2. The number of nitrogens with one attached hydrogen (secondary N) is 2. The van der Waals surface area contributed by atoms with Crippen LogP contribution in [0.5, 0.6) is 0 Å². The monoisotopic (exact) mass is 1590 g/mol. The number of hydrogen-bond acceptors (Lipinski definition) is 32. The molecule has 4 heterocycles. The number of imide groups is 2. The molecule has 2 aliphatic carbocycles. The van der Waals surface area contributed by atoms with E-state index < -0.39 is 158 Å². The number of alkyl halides is 4. The van der Waals surface area contributed by atoms with Crippen molar-refractivity contribution in [3.63, 3.8) is 0 Å². The van der Waals surface area contributed by atoms with Crippen molar-refractivity contribution in [2.24, 2.45) is 23.7 Å². The van der Waals surface area contributed by atoms with Gasteiger partial charge in [0.25, 0.3) is 0 Å². The number of carbonyl (C=O) groups is 12. The molecule has 4 amide bonds. The zero-order valence-corrected chi connectivity index (χ0v) is 61.5. The molecule has 42 heteroatoms. The van der Waals surface area contributed by atoms with E-state index in [-0.39, 0.29) is 132 Å². The SMILES string of the molecule is CCC(CSC1CCC1SCC(CC(=O)CCOCCC(C)=O)C(=O)NC(=O)OCC(=O)OC[C@@H]1O[C@H](n2ccc(N)nc2=O)C(F)(F)[C@H]1O)C(=O)O.CCC(CSC1CCC1SCC(CC(=O)CCOCCC(C)=O)C(=O)O)C(=O)NC(=O)OCC(=O)OC[C@@H]1O[C@H](n2ccc(N)nc2=O)C(F)(F)[C@H]1O. The predicted octanol–water partition coefficient (Wildman–Crippen LogP) is 3.17. The molecule has 0 aromatic carbocycles. The summed E-state index contributed by atoms with van der Waals surface area (Å²) >= 11 is 5.95. The molecule has 0 radical (unpaired) electrons. The second kappa shape index (κ2) is 43.6. The third-order valence-corrected chi connectivity index (χ3v) is 23.5. The van der Waals surface area contributed by atoms with Gasteiger partial charge in [-0.1, -0.05) is 13.8 Å². The van der Waals surface area contributed by atoms with Crippen LogP contribution in [0.4, 0.5) is 38.8 Å². The van der Waals surface area contributed by atoms with Crippen LogP contribution in [-0.4, -0.2) is 244 Å². The summed E-state index contributed by atoms with van der Waals surface area (Å²) < 4.78 is 99.4. The number of nitrogen functional groups attached to an aromatic ring is 2. The van der Waals surface area contributed by atoms with Crippen LogP contribution in [0.1, 0.15) is 117 Å². The number of carboxylic acids is 2. The van der Waals surface area contributed by atoms with E-state index in [0.717, 1.165) is 50.2 Å². The van der Waals surface area contributed by atoms with Crippen LogP contribution in [0.3, 0.4) is 0 Å². The lowest BCUT2D eigenvalue weighted by Gasteiger charge is -2.36. The Labute approximate surface area is 620 Å². The third kappa shape index (κ3) is 28.4. The number of ketones is 4. The molecule has 0 bridgehead atoms. The highest BCUT2D eigenvalue weighted by Gasteiger charge is 2.61. The summed E-state index contributed by atoms with van der Waals surface area (Å²) in [4.78, 5) is 176. The average Bonchev–Trinajstić information content (AvgIpc) is 1.61.